The standard InChI is InChI=1S/C17H27NO/c1-12-8-13(2)16(14(3)9-12)11-18-15-6-7-19-17(4,5)10-15/h8-9,15,18H,6-7,10-11H2,1-5H3. The summed E-state index contributed by atoms with van der Waals surface area (Å²) in [7, 11) is 0. The van der Waals surface area contributed by atoms with Crippen LogP contribution in [0.4, 0.5) is 0 Å². The predicted molar refractivity (Wildman–Crippen MR) is 80.5 cm³/mol. The van der Waals surface area contributed by atoms with Crippen LogP contribution >= 0.6 is 0 Å². The van der Waals surface area contributed by atoms with Crippen LogP contribution in [-0.4, -0.2) is 18.2 Å². The van der Waals surface area contributed by atoms with Gasteiger partial charge in [-0.3, -0.25) is 0 Å². The SMILES string of the molecule is Cc1cc(C)c(CNC2CCOC(C)(C)C2)c(C)c1. The molecule has 2 rings (SSSR count). The van der Waals surface area contributed by atoms with E-state index in [1.807, 2.05) is 0 Å². The van der Waals surface area contributed by atoms with Crippen molar-refractivity contribution in [2.24, 2.45) is 0 Å². The van der Waals surface area contributed by atoms with E-state index in [0.717, 1.165) is 26.0 Å². The minimum atomic E-state index is 0.0211. The monoisotopic (exact) mass is 261 g/mol. The molecule has 0 saturated carbocycles. The first kappa shape index (κ1) is 14.5. The molecule has 1 aromatic carbocycles. The van der Waals surface area contributed by atoms with Crippen LogP contribution in [0.1, 0.15) is 48.9 Å². The molecule has 0 radical (unpaired) electrons. The van der Waals surface area contributed by atoms with Crippen LogP contribution in [0.3, 0.4) is 0 Å². The van der Waals surface area contributed by atoms with Gasteiger partial charge in [0.25, 0.3) is 0 Å². The van der Waals surface area contributed by atoms with E-state index in [9.17, 15) is 0 Å². The van der Waals surface area contributed by atoms with Gasteiger partial charge in [0.2, 0.25) is 0 Å². The largest absolute Gasteiger partial charge is 0.375 e. The van der Waals surface area contributed by atoms with Crippen LogP contribution in [0.15, 0.2) is 12.1 Å². The molecule has 1 saturated heterocycles. The van der Waals surface area contributed by atoms with Gasteiger partial charge in [0.1, 0.15) is 0 Å². The van der Waals surface area contributed by atoms with Gasteiger partial charge in [-0.25, -0.2) is 0 Å². The summed E-state index contributed by atoms with van der Waals surface area (Å²) in [6.07, 6.45) is 2.21. The van der Waals surface area contributed by atoms with Gasteiger partial charge in [-0.2, -0.15) is 0 Å². The van der Waals surface area contributed by atoms with Crippen molar-refractivity contribution in [1.82, 2.24) is 5.32 Å². The molecule has 1 N–H and O–H groups in total. The number of nitrogens with one attached hydrogen (secondary N) is 1. The maximum absolute atomic E-state index is 5.77. The lowest BCUT2D eigenvalue weighted by Gasteiger charge is -2.36. The Bertz CT molecular complexity index is 428. The summed E-state index contributed by atoms with van der Waals surface area (Å²) in [5.41, 5.74) is 5.63. The van der Waals surface area contributed by atoms with E-state index in [-0.39, 0.29) is 5.60 Å². The van der Waals surface area contributed by atoms with Crippen molar-refractivity contribution >= 4 is 0 Å². The first-order valence-electron chi connectivity index (χ1n) is 7.31. The van der Waals surface area contributed by atoms with E-state index in [0.29, 0.717) is 6.04 Å². The fourth-order valence-electron chi connectivity index (χ4n) is 3.14. The summed E-state index contributed by atoms with van der Waals surface area (Å²) in [5.74, 6) is 0. The molecule has 0 amide bonds. The molecule has 1 unspecified atom stereocenters. The molecular weight excluding hydrogens is 234 g/mol. The van der Waals surface area contributed by atoms with Gasteiger partial charge in [0, 0.05) is 19.2 Å². The maximum Gasteiger partial charge on any atom is 0.0641 e. The molecule has 106 valence electrons. The van der Waals surface area contributed by atoms with E-state index in [4.69, 9.17) is 4.74 Å². The third-order valence-electron chi connectivity index (χ3n) is 4.10. The number of aryl methyl sites for hydroxylation is 3. The topological polar surface area (TPSA) is 21.3 Å². The van der Waals surface area contributed by atoms with Gasteiger partial charge in [-0.15, -0.1) is 0 Å². The first-order valence-corrected chi connectivity index (χ1v) is 7.31. The Morgan fingerprint density at radius 2 is 1.84 bits per heavy atom. The van der Waals surface area contributed by atoms with Crippen LogP contribution in [-0.2, 0) is 11.3 Å². The van der Waals surface area contributed by atoms with E-state index in [2.05, 4.69) is 52.1 Å². The maximum atomic E-state index is 5.77. The highest BCUT2D eigenvalue weighted by Crippen LogP contribution is 2.24. The van der Waals surface area contributed by atoms with Crippen LogP contribution in [0.25, 0.3) is 0 Å². The minimum absolute atomic E-state index is 0.0211. The second-order valence-electron chi connectivity index (χ2n) is 6.56. The Morgan fingerprint density at radius 3 is 2.42 bits per heavy atom. The molecule has 1 atom stereocenters. The summed E-state index contributed by atoms with van der Waals surface area (Å²) in [4.78, 5) is 0. The van der Waals surface area contributed by atoms with Crippen molar-refractivity contribution in [3.8, 4) is 0 Å². The molecule has 2 nitrogen and oxygen atoms in total. The van der Waals surface area contributed by atoms with Crippen LogP contribution in [0.2, 0.25) is 0 Å². The fraction of sp³-hybridized carbons (Fsp3) is 0.647. The van der Waals surface area contributed by atoms with Gasteiger partial charge in [-0.05, 0) is 64.2 Å². The van der Waals surface area contributed by atoms with Gasteiger partial charge in [0.15, 0.2) is 0 Å². The molecule has 0 aromatic heterocycles. The number of hydrogen-bond donors (Lipinski definition) is 1. The number of benzene rings is 1. The molecule has 1 aliphatic rings. The Balaban J connectivity index is 1.99. The zero-order valence-electron chi connectivity index (χ0n) is 13.0. The van der Waals surface area contributed by atoms with Gasteiger partial charge in [-0.1, -0.05) is 17.7 Å². The fourth-order valence-corrected chi connectivity index (χ4v) is 3.14. The number of hydrogen-bond acceptors (Lipinski definition) is 2. The summed E-state index contributed by atoms with van der Waals surface area (Å²) < 4.78 is 5.77. The predicted octanol–water partition coefficient (Wildman–Crippen LogP) is 3.66. The lowest BCUT2D eigenvalue weighted by atomic mass is 9.93. The van der Waals surface area contributed by atoms with Crippen molar-refractivity contribution in [3.63, 3.8) is 0 Å². The molecule has 0 aliphatic carbocycles. The van der Waals surface area contributed by atoms with Crippen LogP contribution in [0.5, 0.6) is 0 Å². The summed E-state index contributed by atoms with van der Waals surface area (Å²) >= 11 is 0. The first-order chi connectivity index (χ1) is 8.87. The Morgan fingerprint density at radius 1 is 1.21 bits per heavy atom. The Hall–Kier alpha value is -0.860. The highest BCUT2D eigenvalue weighted by molar-refractivity contribution is 5.37. The van der Waals surface area contributed by atoms with Crippen molar-refractivity contribution in [2.75, 3.05) is 6.61 Å². The molecule has 1 fully saturated rings. The number of rotatable bonds is 3. The van der Waals surface area contributed by atoms with Crippen molar-refractivity contribution < 1.29 is 4.74 Å². The average Bonchev–Trinajstić information content (AvgIpc) is 2.26. The molecule has 0 bridgehead atoms. The van der Waals surface area contributed by atoms with E-state index < -0.39 is 0 Å². The van der Waals surface area contributed by atoms with Crippen molar-refractivity contribution in [2.45, 2.75) is 65.6 Å². The second kappa shape index (κ2) is 5.64. The van der Waals surface area contributed by atoms with Crippen molar-refractivity contribution in [3.05, 3.63) is 34.4 Å². The Kier molecular flexibility index (Phi) is 4.32. The molecule has 0 spiro atoms. The van der Waals surface area contributed by atoms with Gasteiger partial charge < -0.3 is 10.1 Å². The zero-order valence-corrected chi connectivity index (χ0v) is 13.0. The summed E-state index contributed by atoms with van der Waals surface area (Å²) in [6.45, 7) is 12.8. The zero-order chi connectivity index (χ0) is 14.0. The second-order valence-corrected chi connectivity index (χ2v) is 6.56. The molecule has 19 heavy (non-hydrogen) atoms. The van der Waals surface area contributed by atoms with Gasteiger partial charge >= 0.3 is 0 Å². The van der Waals surface area contributed by atoms with E-state index in [1.54, 1.807) is 0 Å². The summed E-state index contributed by atoms with van der Waals surface area (Å²) in [5, 5.41) is 3.71. The highest BCUT2D eigenvalue weighted by Gasteiger charge is 2.28. The van der Waals surface area contributed by atoms with Crippen molar-refractivity contribution in [1.29, 1.82) is 0 Å². The molecular formula is C17H27NO. The molecule has 1 aliphatic heterocycles. The third-order valence-corrected chi connectivity index (χ3v) is 4.10. The van der Waals surface area contributed by atoms with E-state index in [1.165, 1.54) is 22.3 Å². The number of ether oxygens (including phenoxy) is 1. The lowest BCUT2D eigenvalue weighted by Crippen LogP contribution is -2.43. The third kappa shape index (κ3) is 3.80. The normalized spacial score (nSPS) is 22.5. The smallest absolute Gasteiger partial charge is 0.0641 e. The molecule has 2 heteroatoms. The van der Waals surface area contributed by atoms with Gasteiger partial charge in [0.05, 0.1) is 5.60 Å². The lowest BCUT2D eigenvalue weighted by molar-refractivity contribution is -0.0630. The quantitative estimate of drug-likeness (QED) is 0.896. The average molecular weight is 261 g/mol. The molecule has 1 heterocycles. The van der Waals surface area contributed by atoms with Crippen LogP contribution in [0, 0.1) is 20.8 Å². The Labute approximate surface area is 117 Å². The van der Waals surface area contributed by atoms with E-state index >= 15 is 0 Å². The summed E-state index contributed by atoms with van der Waals surface area (Å²) in [6, 6.07) is 5.12. The minimum Gasteiger partial charge on any atom is -0.375 e. The van der Waals surface area contributed by atoms with Crippen LogP contribution < -0.4 is 5.32 Å². The highest BCUT2D eigenvalue weighted by atomic mass is 16.5. The molecule has 1 aromatic rings.